The zero-order valence-electron chi connectivity index (χ0n) is 8.98. The number of carbonyl (C=O) groups is 1. The molecule has 5 heteroatoms. The number of esters is 1. The fraction of sp³-hybridized carbons (Fsp3) is 0.700. The molecule has 0 aliphatic carbocycles. The minimum Gasteiger partial charge on any atom is -0.469 e. The van der Waals surface area contributed by atoms with Crippen LogP contribution in [0.25, 0.3) is 0 Å². The van der Waals surface area contributed by atoms with Crippen LogP contribution in [-0.4, -0.2) is 18.0 Å². The molecule has 0 aromatic rings. The first-order valence-electron chi connectivity index (χ1n) is 5.03. The van der Waals surface area contributed by atoms with Crippen LogP contribution in [0.3, 0.4) is 0 Å². The number of nitrogens with zero attached hydrogens (tertiary/aromatic N) is 1. The predicted octanol–water partition coefficient (Wildman–Crippen LogP) is 2.29. The smallest absolute Gasteiger partial charge is 0.305 e. The minimum atomic E-state index is -0.461. The summed E-state index contributed by atoms with van der Waals surface area (Å²) in [5.41, 5.74) is 0. The molecule has 0 fully saturated rings. The third kappa shape index (κ3) is 10.5. The Balaban J connectivity index is 3.18. The number of unbranched alkanes of at least 4 members (excludes halogenated alkanes) is 4. The Morgan fingerprint density at radius 2 is 2.00 bits per heavy atom. The Labute approximate surface area is 89.3 Å². The molecule has 0 radical (unpaired) electrons. The number of hydrogen-bond donors (Lipinski definition) is 0. The van der Waals surface area contributed by atoms with Crippen molar-refractivity contribution in [3.63, 3.8) is 0 Å². The van der Waals surface area contributed by atoms with Crippen molar-refractivity contribution < 1.29 is 14.5 Å². The highest BCUT2D eigenvalue weighted by molar-refractivity contribution is 5.68. The molecule has 0 bridgehead atoms. The van der Waals surface area contributed by atoms with Crippen molar-refractivity contribution in [1.29, 1.82) is 0 Å². The molecule has 0 aromatic heterocycles. The molecule has 0 aromatic carbocycles. The van der Waals surface area contributed by atoms with Gasteiger partial charge in [0.15, 0.2) is 0 Å². The Morgan fingerprint density at radius 1 is 1.33 bits per heavy atom. The van der Waals surface area contributed by atoms with Crippen molar-refractivity contribution in [3.8, 4) is 0 Å². The summed E-state index contributed by atoms with van der Waals surface area (Å²) >= 11 is 0. The van der Waals surface area contributed by atoms with E-state index in [2.05, 4.69) is 4.74 Å². The molecule has 0 heterocycles. The van der Waals surface area contributed by atoms with Gasteiger partial charge in [0.2, 0.25) is 6.20 Å². The van der Waals surface area contributed by atoms with Crippen molar-refractivity contribution in [3.05, 3.63) is 22.4 Å². The van der Waals surface area contributed by atoms with Gasteiger partial charge < -0.3 is 4.74 Å². The topological polar surface area (TPSA) is 69.4 Å². The van der Waals surface area contributed by atoms with Gasteiger partial charge in [0, 0.05) is 6.42 Å². The van der Waals surface area contributed by atoms with E-state index in [0.29, 0.717) is 6.42 Å². The molecular weight excluding hydrogens is 198 g/mol. The van der Waals surface area contributed by atoms with E-state index in [4.69, 9.17) is 0 Å². The summed E-state index contributed by atoms with van der Waals surface area (Å²) in [4.78, 5) is 20.2. The lowest BCUT2D eigenvalue weighted by atomic mass is 10.1. The Morgan fingerprint density at radius 3 is 2.60 bits per heavy atom. The second-order valence-electron chi connectivity index (χ2n) is 3.20. The van der Waals surface area contributed by atoms with Gasteiger partial charge in [-0.25, -0.2) is 0 Å². The minimum absolute atomic E-state index is 0.178. The van der Waals surface area contributed by atoms with E-state index in [1.54, 1.807) is 6.08 Å². The molecule has 86 valence electrons. The lowest BCUT2D eigenvalue weighted by Crippen LogP contribution is -1.98. The van der Waals surface area contributed by atoms with Gasteiger partial charge in [-0.15, -0.1) is 0 Å². The molecule has 0 saturated carbocycles. The van der Waals surface area contributed by atoms with Crippen LogP contribution >= 0.6 is 0 Å². The van der Waals surface area contributed by atoms with Crippen LogP contribution in [0.15, 0.2) is 12.3 Å². The van der Waals surface area contributed by atoms with E-state index in [1.807, 2.05) is 0 Å². The standard InChI is InChI=1S/C10H17NO4/c1-15-10(12)8-6-4-2-3-5-7-9-11(13)14/h7,9H,2-6,8H2,1H3. The monoisotopic (exact) mass is 215 g/mol. The van der Waals surface area contributed by atoms with Crippen molar-refractivity contribution in [2.24, 2.45) is 0 Å². The molecule has 0 amide bonds. The normalized spacial score (nSPS) is 10.5. The van der Waals surface area contributed by atoms with Crippen LogP contribution in [0.5, 0.6) is 0 Å². The fourth-order valence-electron chi connectivity index (χ4n) is 1.15. The van der Waals surface area contributed by atoms with Gasteiger partial charge in [0.05, 0.1) is 12.0 Å². The van der Waals surface area contributed by atoms with Crippen molar-refractivity contribution in [2.75, 3.05) is 7.11 Å². The van der Waals surface area contributed by atoms with Gasteiger partial charge in [0.1, 0.15) is 0 Å². The summed E-state index contributed by atoms with van der Waals surface area (Å²) in [6.45, 7) is 0. The van der Waals surface area contributed by atoms with E-state index in [9.17, 15) is 14.9 Å². The lowest BCUT2D eigenvalue weighted by molar-refractivity contribution is -0.402. The highest BCUT2D eigenvalue weighted by Gasteiger charge is 1.98. The van der Waals surface area contributed by atoms with Gasteiger partial charge in [0.25, 0.3) is 0 Å². The van der Waals surface area contributed by atoms with E-state index < -0.39 is 4.92 Å². The first kappa shape index (κ1) is 13.6. The molecule has 0 aliphatic rings. The van der Waals surface area contributed by atoms with Gasteiger partial charge in [-0.1, -0.05) is 12.8 Å². The Bertz CT molecular complexity index is 225. The van der Waals surface area contributed by atoms with Gasteiger partial charge in [-0.2, -0.15) is 0 Å². The summed E-state index contributed by atoms with van der Waals surface area (Å²) in [7, 11) is 1.38. The van der Waals surface area contributed by atoms with Crippen LogP contribution in [0.1, 0.15) is 38.5 Å². The summed E-state index contributed by atoms with van der Waals surface area (Å²) in [6.07, 6.45) is 7.40. The molecule has 0 unspecified atom stereocenters. The molecule has 0 atom stereocenters. The van der Waals surface area contributed by atoms with E-state index >= 15 is 0 Å². The molecule has 0 aliphatic heterocycles. The second-order valence-corrected chi connectivity index (χ2v) is 3.20. The molecule has 5 nitrogen and oxygen atoms in total. The second kappa shape index (κ2) is 9.18. The maximum absolute atomic E-state index is 10.7. The maximum Gasteiger partial charge on any atom is 0.305 e. The van der Waals surface area contributed by atoms with Gasteiger partial charge in [-0.3, -0.25) is 14.9 Å². The largest absolute Gasteiger partial charge is 0.469 e. The third-order valence-corrected chi connectivity index (χ3v) is 1.96. The molecule has 0 rings (SSSR count). The first-order valence-corrected chi connectivity index (χ1v) is 5.03. The molecular formula is C10H17NO4. The van der Waals surface area contributed by atoms with E-state index in [0.717, 1.165) is 38.3 Å². The van der Waals surface area contributed by atoms with Crippen LogP contribution in [0, 0.1) is 10.1 Å². The molecule has 0 saturated heterocycles. The van der Waals surface area contributed by atoms with Crippen LogP contribution in [0.4, 0.5) is 0 Å². The van der Waals surface area contributed by atoms with Gasteiger partial charge in [-0.05, 0) is 25.3 Å². The van der Waals surface area contributed by atoms with Crippen molar-refractivity contribution in [2.45, 2.75) is 38.5 Å². The average molecular weight is 215 g/mol. The van der Waals surface area contributed by atoms with E-state index in [-0.39, 0.29) is 5.97 Å². The molecule has 15 heavy (non-hydrogen) atoms. The number of nitro groups is 1. The SMILES string of the molecule is COC(=O)CCCCCCC=C[N+](=O)[O-]. The quantitative estimate of drug-likeness (QED) is 0.269. The fourth-order valence-corrected chi connectivity index (χ4v) is 1.15. The number of allylic oxidation sites excluding steroid dienone is 1. The number of rotatable bonds is 8. The zero-order valence-corrected chi connectivity index (χ0v) is 8.98. The molecule has 0 spiro atoms. The number of carbonyl (C=O) groups excluding carboxylic acids is 1. The van der Waals surface area contributed by atoms with Crippen LogP contribution < -0.4 is 0 Å². The predicted molar refractivity (Wildman–Crippen MR) is 55.9 cm³/mol. The summed E-state index contributed by atoms with van der Waals surface area (Å²) in [5, 5.41) is 9.91. The van der Waals surface area contributed by atoms with Crippen LogP contribution in [0.2, 0.25) is 0 Å². The van der Waals surface area contributed by atoms with E-state index in [1.165, 1.54) is 7.11 Å². The third-order valence-electron chi connectivity index (χ3n) is 1.96. The highest BCUT2D eigenvalue weighted by Crippen LogP contribution is 2.06. The number of ether oxygens (including phenoxy) is 1. The summed E-state index contributed by atoms with van der Waals surface area (Å²) in [5.74, 6) is -0.178. The number of methoxy groups -OCH3 is 1. The zero-order chi connectivity index (χ0) is 11.5. The highest BCUT2D eigenvalue weighted by atomic mass is 16.6. The van der Waals surface area contributed by atoms with Crippen LogP contribution in [-0.2, 0) is 9.53 Å². The summed E-state index contributed by atoms with van der Waals surface area (Å²) in [6, 6.07) is 0. The van der Waals surface area contributed by atoms with Gasteiger partial charge >= 0.3 is 5.97 Å². The number of hydrogen-bond acceptors (Lipinski definition) is 4. The lowest BCUT2D eigenvalue weighted by Gasteiger charge is -1.98. The first-order chi connectivity index (χ1) is 7.16. The maximum atomic E-state index is 10.7. The van der Waals surface area contributed by atoms with Crippen molar-refractivity contribution in [1.82, 2.24) is 0 Å². The van der Waals surface area contributed by atoms with Crippen molar-refractivity contribution >= 4 is 5.97 Å². The Hall–Kier alpha value is -1.39. The molecule has 0 N–H and O–H groups in total. The summed E-state index contributed by atoms with van der Waals surface area (Å²) < 4.78 is 4.50. The average Bonchev–Trinajstić information content (AvgIpc) is 2.21. The Kier molecular flexibility index (Phi) is 8.33.